The maximum Gasteiger partial charge on any atom is 0.323 e. The van der Waals surface area contributed by atoms with E-state index in [0.29, 0.717) is 0 Å². The molecule has 8 heteroatoms. The number of aryl methyl sites for hydroxylation is 1. The molecule has 4 N–H and O–H groups in total. The summed E-state index contributed by atoms with van der Waals surface area (Å²) in [5.41, 5.74) is 6.02. The van der Waals surface area contributed by atoms with Crippen molar-refractivity contribution in [3.8, 4) is 0 Å². The molecule has 0 spiro atoms. The monoisotopic (exact) mass is 285 g/mol. The number of carboxylic acid groups (broad SMARTS) is 1. The first-order chi connectivity index (χ1) is 8.90. The molecule has 0 unspecified atom stereocenters. The van der Waals surface area contributed by atoms with Gasteiger partial charge in [0.1, 0.15) is 13.1 Å². The fraction of sp³-hybridized carbons (Fsp3) is 0.364. The Morgan fingerprint density at radius 2 is 2.11 bits per heavy atom. The van der Waals surface area contributed by atoms with Crippen LogP contribution in [0.2, 0.25) is 0 Å². The number of primary amides is 1. The second-order valence-electron chi connectivity index (χ2n) is 3.90. The first-order valence-corrected chi connectivity index (χ1v) is 6.34. The van der Waals surface area contributed by atoms with Crippen LogP contribution < -0.4 is 11.1 Å². The Bertz CT molecular complexity index is 470. The molecule has 0 fully saturated rings. The summed E-state index contributed by atoms with van der Waals surface area (Å²) in [6.07, 6.45) is 0. The number of carbonyl (C=O) groups excluding carboxylic acids is 2. The Morgan fingerprint density at radius 1 is 1.42 bits per heavy atom. The highest BCUT2D eigenvalue weighted by molar-refractivity contribution is 7.10. The van der Waals surface area contributed by atoms with Crippen molar-refractivity contribution in [2.75, 3.05) is 13.1 Å². The van der Waals surface area contributed by atoms with Gasteiger partial charge in [0.05, 0.1) is 6.54 Å². The third-order valence-corrected chi connectivity index (χ3v) is 3.35. The molecule has 0 aliphatic rings. The van der Waals surface area contributed by atoms with Crippen LogP contribution in [0.4, 0.5) is 4.79 Å². The van der Waals surface area contributed by atoms with E-state index in [-0.39, 0.29) is 6.54 Å². The van der Waals surface area contributed by atoms with E-state index in [1.54, 1.807) is 0 Å². The number of aliphatic carboxylic acids is 1. The molecular weight excluding hydrogens is 270 g/mol. The van der Waals surface area contributed by atoms with Crippen molar-refractivity contribution in [2.24, 2.45) is 5.73 Å². The predicted octanol–water partition coefficient (Wildman–Crippen LogP) is 0.138. The van der Waals surface area contributed by atoms with Gasteiger partial charge in [-0.1, -0.05) is 0 Å². The Hall–Kier alpha value is -2.09. The molecule has 0 saturated heterocycles. The topological polar surface area (TPSA) is 113 Å². The Balaban J connectivity index is 2.58. The number of hydrogen-bond donors (Lipinski definition) is 3. The van der Waals surface area contributed by atoms with E-state index in [1.807, 2.05) is 18.4 Å². The maximum atomic E-state index is 11.8. The Labute approximate surface area is 114 Å². The number of rotatable bonds is 6. The third kappa shape index (κ3) is 4.96. The van der Waals surface area contributed by atoms with Crippen LogP contribution >= 0.6 is 11.3 Å². The number of nitrogens with one attached hydrogen (secondary N) is 1. The second kappa shape index (κ2) is 6.74. The molecule has 0 aromatic carbocycles. The fourth-order valence-corrected chi connectivity index (χ4v) is 2.25. The van der Waals surface area contributed by atoms with Gasteiger partial charge in [0.25, 0.3) is 0 Å². The summed E-state index contributed by atoms with van der Waals surface area (Å²) < 4.78 is 0. The van der Waals surface area contributed by atoms with E-state index in [1.165, 1.54) is 11.3 Å². The number of carbonyl (C=O) groups is 3. The number of nitrogens with zero attached hydrogens (tertiary/aromatic N) is 1. The van der Waals surface area contributed by atoms with Gasteiger partial charge in [0.2, 0.25) is 5.91 Å². The molecule has 3 amide bonds. The normalized spacial score (nSPS) is 9.95. The van der Waals surface area contributed by atoms with E-state index >= 15 is 0 Å². The van der Waals surface area contributed by atoms with Gasteiger partial charge >= 0.3 is 12.0 Å². The minimum atomic E-state index is -1.20. The molecule has 7 nitrogen and oxygen atoms in total. The smallest absolute Gasteiger partial charge is 0.323 e. The third-order valence-electron chi connectivity index (χ3n) is 2.33. The standard InChI is InChI=1S/C11H15N3O4S/c1-7-2-3-19-8(7)4-13-11(18)14(5-9(12)15)6-10(16)17/h2-3H,4-6H2,1H3,(H2,12,15)(H,13,18)(H,16,17). The molecule has 0 atom stereocenters. The van der Waals surface area contributed by atoms with Crippen molar-refractivity contribution in [1.82, 2.24) is 10.2 Å². The highest BCUT2D eigenvalue weighted by Gasteiger charge is 2.18. The van der Waals surface area contributed by atoms with Crippen LogP contribution in [0, 0.1) is 6.92 Å². The van der Waals surface area contributed by atoms with Crippen LogP contribution in [0.25, 0.3) is 0 Å². The van der Waals surface area contributed by atoms with Crippen molar-refractivity contribution in [3.05, 3.63) is 21.9 Å². The molecule has 104 valence electrons. The van der Waals surface area contributed by atoms with Crippen molar-refractivity contribution >= 4 is 29.2 Å². The number of amides is 3. The van der Waals surface area contributed by atoms with Crippen LogP contribution in [-0.4, -0.2) is 41.0 Å². The Kier molecular flexibility index (Phi) is 5.31. The molecule has 19 heavy (non-hydrogen) atoms. The van der Waals surface area contributed by atoms with E-state index in [9.17, 15) is 14.4 Å². The van der Waals surface area contributed by atoms with Crippen LogP contribution in [0.3, 0.4) is 0 Å². The van der Waals surface area contributed by atoms with Crippen LogP contribution in [-0.2, 0) is 16.1 Å². The SMILES string of the molecule is Cc1ccsc1CNC(=O)N(CC(N)=O)CC(=O)O. The number of thiophene rings is 1. The lowest BCUT2D eigenvalue weighted by molar-refractivity contribution is -0.137. The fourth-order valence-electron chi connectivity index (χ4n) is 1.40. The molecule has 0 aliphatic heterocycles. The lowest BCUT2D eigenvalue weighted by Gasteiger charge is -2.19. The van der Waals surface area contributed by atoms with E-state index in [2.05, 4.69) is 5.32 Å². The molecule has 0 saturated carbocycles. The van der Waals surface area contributed by atoms with Gasteiger partial charge in [-0.15, -0.1) is 11.3 Å². The van der Waals surface area contributed by atoms with Gasteiger partial charge in [-0.25, -0.2) is 4.79 Å². The van der Waals surface area contributed by atoms with Gasteiger partial charge in [-0.3, -0.25) is 9.59 Å². The summed E-state index contributed by atoms with van der Waals surface area (Å²) >= 11 is 1.49. The average molecular weight is 285 g/mol. The molecule has 0 aliphatic carbocycles. The van der Waals surface area contributed by atoms with Crippen LogP contribution in [0.5, 0.6) is 0 Å². The molecular formula is C11H15N3O4S. The van der Waals surface area contributed by atoms with E-state index in [4.69, 9.17) is 10.8 Å². The molecule has 0 radical (unpaired) electrons. The summed E-state index contributed by atoms with van der Waals surface area (Å²) in [5, 5.41) is 13.1. The Morgan fingerprint density at radius 3 is 2.58 bits per heavy atom. The molecule has 0 bridgehead atoms. The quantitative estimate of drug-likeness (QED) is 0.689. The summed E-state index contributed by atoms with van der Waals surface area (Å²) in [6.45, 7) is 1.20. The van der Waals surface area contributed by atoms with Gasteiger partial charge in [-0.05, 0) is 23.9 Å². The number of urea groups is 1. The zero-order valence-corrected chi connectivity index (χ0v) is 11.2. The minimum Gasteiger partial charge on any atom is -0.480 e. The zero-order chi connectivity index (χ0) is 14.4. The number of nitrogens with two attached hydrogens (primary N) is 1. The summed E-state index contributed by atoms with van der Waals surface area (Å²) in [7, 11) is 0. The van der Waals surface area contributed by atoms with Crippen LogP contribution in [0.1, 0.15) is 10.4 Å². The molecule has 1 aromatic rings. The number of carboxylic acids is 1. The molecule has 1 heterocycles. The van der Waals surface area contributed by atoms with E-state index in [0.717, 1.165) is 15.3 Å². The van der Waals surface area contributed by atoms with Crippen LogP contribution in [0.15, 0.2) is 11.4 Å². The highest BCUT2D eigenvalue weighted by atomic mass is 32.1. The minimum absolute atomic E-state index is 0.289. The van der Waals surface area contributed by atoms with Gasteiger partial charge in [0.15, 0.2) is 0 Å². The second-order valence-corrected chi connectivity index (χ2v) is 4.90. The molecule has 1 aromatic heterocycles. The zero-order valence-electron chi connectivity index (χ0n) is 10.4. The van der Waals surface area contributed by atoms with Crippen molar-refractivity contribution in [3.63, 3.8) is 0 Å². The van der Waals surface area contributed by atoms with E-state index < -0.39 is 31.0 Å². The van der Waals surface area contributed by atoms with Gasteiger partial charge in [0, 0.05) is 4.88 Å². The number of hydrogen-bond acceptors (Lipinski definition) is 4. The first-order valence-electron chi connectivity index (χ1n) is 5.46. The summed E-state index contributed by atoms with van der Waals surface area (Å²) in [4.78, 5) is 35.0. The lowest BCUT2D eigenvalue weighted by atomic mass is 10.3. The van der Waals surface area contributed by atoms with Gasteiger partial charge in [-0.2, -0.15) is 0 Å². The summed E-state index contributed by atoms with van der Waals surface area (Å²) in [5.74, 6) is -1.97. The lowest BCUT2D eigenvalue weighted by Crippen LogP contribution is -2.46. The van der Waals surface area contributed by atoms with Gasteiger partial charge < -0.3 is 21.1 Å². The van der Waals surface area contributed by atoms with Crippen molar-refractivity contribution in [2.45, 2.75) is 13.5 Å². The summed E-state index contributed by atoms with van der Waals surface area (Å²) in [6, 6.07) is 1.29. The predicted molar refractivity (Wildman–Crippen MR) is 69.7 cm³/mol. The first kappa shape index (κ1) is 15.0. The van der Waals surface area contributed by atoms with Crippen molar-refractivity contribution < 1.29 is 19.5 Å². The molecule has 1 rings (SSSR count). The highest BCUT2D eigenvalue weighted by Crippen LogP contribution is 2.14. The maximum absolute atomic E-state index is 11.8. The van der Waals surface area contributed by atoms with Crippen molar-refractivity contribution in [1.29, 1.82) is 0 Å². The average Bonchev–Trinajstić information content (AvgIpc) is 2.69. The largest absolute Gasteiger partial charge is 0.480 e.